The summed E-state index contributed by atoms with van der Waals surface area (Å²) in [4.78, 5) is 24.5. The van der Waals surface area contributed by atoms with Crippen LogP contribution in [0.1, 0.15) is 309 Å². The van der Waals surface area contributed by atoms with E-state index >= 15 is 0 Å². The lowest BCUT2D eigenvalue weighted by Gasteiger charge is -2.22. The molecule has 0 aromatic carbocycles. The van der Waals surface area contributed by atoms with Crippen molar-refractivity contribution in [1.82, 2.24) is 5.32 Å². The third-order valence-corrected chi connectivity index (χ3v) is 13.2. The van der Waals surface area contributed by atoms with Crippen molar-refractivity contribution in [2.45, 2.75) is 321 Å². The lowest BCUT2D eigenvalue weighted by molar-refractivity contribution is -0.143. The quantitative estimate of drug-likeness (QED) is 0.0321. The number of carbonyl (C=O) groups excluding carboxylic acids is 2. The Morgan fingerprint density at radius 1 is 0.422 bits per heavy atom. The van der Waals surface area contributed by atoms with E-state index in [1.165, 1.54) is 205 Å². The van der Waals surface area contributed by atoms with Crippen LogP contribution in [0.15, 0.2) is 24.3 Å². The molecule has 2 unspecified atom stereocenters. The minimum Gasteiger partial charge on any atom is -0.466 e. The fraction of sp³-hybridized carbons (Fsp3) is 0.897. The maximum absolute atomic E-state index is 12.5. The first kappa shape index (κ1) is 62.3. The lowest BCUT2D eigenvalue weighted by Crippen LogP contribution is -2.45. The van der Waals surface area contributed by atoms with Gasteiger partial charge in [0.05, 0.1) is 25.4 Å². The molecule has 2 atom stereocenters. The highest BCUT2D eigenvalue weighted by molar-refractivity contribution is 5.76. The molecule has 0 aromatic heterocycles. The smallest absolute Gasteiger partial charge is 0.305 e. The molecule has 64 heavy (non-hydrogen) atoms. The average molecular weight is 903 g/mol. The van der Waals surface area contributed by atoms with Crippen molar-refractivity contribution in [1.29, 1.82) is 0 Å². The number of esters is 1. The Morgan fingerprint density at radius 2 is 0.750 bits per heavy atom. The maximum atomic E-state index is 12.5. The summed E-state index contributed by atoms with van der Waals surface area (Å²) in [5, 5.41) is 23.3. The Labute approximate surface area is 399 Å². The number of amides is 1. The van der Waals surface area contributed by atoms with E-state index in [2.05, 4.69) is 43.5 Å². The van der Waals surface area contributed by atoms with Crippen LogP contribution < -0.4 is 5.32 Å². The number of unbranched alkanes of at least 4 members (excludes halogenated alkanes) is 38. The van der Waals surface area contributed by atoms with Crippen LogP contribution in [0.4, 0.5) is 0 Å². The minimum atomic E-state index is -0.675. The second kappa shape index (κ2) is 54.0. The number of aliphatic hydroxyl groups excluding tert-OH is 2. The Hall–Kier alpha value is -1.66. The van der Waals surface area contributed by atoms with Gasteiger partial charge in [-0.3, -0.25) is 9.59 Å². The summed E-state index contributed by atoms with van der Waals surface area (Å²) >= 11 is 0. The summed E-state index contributed by atoms with van der Waals surface area (Å²) in [5.41, 5.74) is 0. The van der Waals surface area contributed by atoms with Crippen LogP contribution in [0.25, 0.3) is 0 Å². The minimum absolute atomic E-state index is 0.0207. The number of allylic oxidation sites excluding steroid dienone is 4. The summed E-state index contributed by atoms with van der Waals surface area (Å²) in [6, 6.07) is -0.554. The molecule has 0 spiro atoms. The fourth-order valence-corrected chi connectivity index (χ4v) is 8.79. The number of aliphatic hydroxyl groups is 2. The molecule has 6 heteroatoms. The molecule has 0 bridgehead atoms. The molecule has 0 saturated heterocycles. The van der Waals surface area contributed by atoms with Crippen molar-refractivity contribution in [3.8, 4) is 0 Å². The van der Waals surface area contributed by atoms with E-state index in [0.29, 0.717) is 25.9 Å². The predicted octanol–water partition coefficient (Wildman–Crippen LogP) is 17.5. The van der Waals surface area contributed by atoms with E-state index in [-0.39, 0.29) is 18.5 Å². The van der Waals surface area contributed by atoms with Crippen molar-refractivity contribution >= 4 is 11.9 Å². The summed E-state index contributed by atoms with van der Waals surface area (Å²) in [5.74, 6) is -0.0688. The van der Waals surface area contributed by atoms with E-state index in [0.717, 1.165) is 70.6 Å². The molecule has 0 aromatic rings. The molecule has 378 valence electrons. The number of nitrogens with one attached hydrogen (secondary N) is 1. The topological polar surface area (TPSA) is 95.9 Å². The third-order valence-electron chi connectivity index (χ3n) is 13.2. The van der Waals surface area contributed by atoms with Gasteiger partial charge in [-0.1, -0.05) is 250 Å². The first-order valence-electron chi connectivity index (χ1n) is 28.6. The largest absolute Gasteiger partial charge is 0.466 e. The standard InChI is InChI=1S/C58H111NO5/c1-3-5-7-9-11-13-15-16-17-18-19-20-21-22-24-27-31-34-38-42-46-50-56(61)55(54-60)59-57(62)51-47-43-39-35-32-28-25-23-26-29-33-37-41-45-49-53-64-58(63)52-48-44-40-36-30-14-12-10-8-6-4-2/h10,12,26,29,55-56,60-61H,3-9,11,13-25,27-28,30-54H2,1-2H3,(H,59,62)/b12-10-,29-26-. The summed E-state index contributed by atoms with van der Waals surface area (Å²) in [6.45, 7) is 4.89. The van der Waals surface area contributed by atoms with Crippen molar-refractivity contribution < 1.29 is 24.5 Å². The first-order chi connectivity index (χ1) is 31.5. The highest BCUT2D eigenvalue weighted by Crippen LogP contribution is 2.17. The van der Waals surface area contributed by atoms with Gasteiger partial charge in [-0.2, -0.15) is 0 Å². The molecule has 3 N–H and O–H groups in total. The molecule has 6 nitrogen and oxygen atoms in total. The SMILES string of the molecule is CCCC/C=C\CCCCCCCC(=O)OCCCCCC/C=C\CCCCCCCCCC(=O)NC(CO)C(O)CCCCCCCCCCCCCCCCCCCCCCC. The number of hydrogen-bond donors (Lipinski definition) is 3. The summed E-state index contributed by atoms with van der Waals surface area (Å²) in [7, 11) is 0. The monoisotopic (exact) mass is 902 g/mol. The Morgan fingerprint density at radius 3 is 1.16 bits per heavy atom. The van der Waals surface area contributed by atoms with Gasteiger partial charge in [-0.15, -0.1) is 0 Å². The van der Waals surface area contributed by atoms with Gasteiger partial charge in [-0.25, -0.2) is 0 Å². The van der Waals surface area contributed by atoms with Crippen molar-refractivity contribution in [3.05, 3.63) is 24.3 Å². The zero-order valence-electron chi connectivity index (χ0n) is 43.0. The van der Waals surface area contributed by atoms with Gasteiger partial charge in [0.1, 0.15) is 0 Å². The van der Waals surface area contributed by atoms with E-state index in [1.54, 1.807) is 0 Å². The molecular formula is C58H111NO5. The second-order valence-corrected chi connectivity index (χ2v) is 19.6. The van der Waals surface area contributed by atoms with E-state index in [9.17, 15) is 19.8 Å². The van der Waals surface area contributed by atoms with Crippen LogP contribution in [0.3, 0.4) is 0 Å². The average Bonchev–Trinajstić information content (AvgIpc) is 3.29. The molecule has 0 heterocycles. The van der Waals surface area contributed by atoms with E-state index in [1.807, 2.05) is 0 Å². The molecular weight excluding hydrogens is 791 g/mol. The molecule has 0 saturated carbocycles. The van der Waals surface area contributed by atoms with Crippen molar-refractivity contribution in [2.75, 3.05) is 13.2 Å². The normalized spacial score (nSPS) is 12.8. The van der Waals surface area contributed by atoms with Gasteiger partial charge < -0.3 is 20.3 Å². The number of ether oxygens (including phenoxy) is 1. The van der Waals surface area contributed by atoms with Gasteiger partial charge in [0.2, 0.25) is 5.91 Å². The molecule has 0 radical (unpaired) electrons. The number of carbonyl (C=O) groups is 2. The van der Waals surface area contributed by atoms with Crippen LogP contribution in [0.2, 0.25) is 0 Å². The van der Waals surface area contributed by atoms with Crippen LogP contribution in [0, 0.1) is 0 Å². The molecule has 0 fully saturated rings. The third kappa shape index (κ3) is 49.8. The van der Waals surface area contributed by atoms with Crippen LogP contribution in [-0.2, 0) is 14.3 Å². The Balaban J connectivity index is 3.48. The summed E-state index contributed by atoms with van der Waals surface area (Å²) < 4.78 is 5.43. The predicted molar refractivity (Wildman–Crippen MR) is 278 cm³/mol. The molecule has 1 amide bonds. The Kier molecular flexibility index (Phi) is 52.6. The first-order valence-corrected chi connectivity index (χ1v) is 28.6. The second-order valence-electron chi connectivity index (χ2n) is 19.6. The zero-order chi connectivity index (χ0) is 46.5. The molecule has 0 rings (SSSR count). The fourth-order valence-electron chi connectivity index (χ4n) is 8.79. The van der Waals surface area contributed by atoms with E-state index < -0.39 is 12.1 Å². The zero-order valence-corrected chi connectivity index (χ0v) is 43.0. The highest BCUT2D eigenvalue weighted by Gasteiger charge is 2.20. The van der Waals surface area contributed by atoms with Crippen molar-refractivity contribution in [3.63, 3.8) is 0 Å². The molecule has 0 aliphatic heterocycles. The van der Waals surface area contributed by atoms with Gasteiger partial charge in [-0.05, 0) is 70.6 Å². The van der Waals surface area contributed by atoms with Gasteiger partial charge >= 0.3 is 5.97 Å². The summed E-state index contributed by atoms with van der Waals surface area (Å²) in [6.07, 6.45) is 64.5. The molecule has 0 aliphatic carbocycles. The Bertz CT molecular complexity index is 997. The highest BCUT2D eigenvalue weighted by atomic mass is 16.5. The van der Waals surface area contributed by atoms with Crippen LogP contribution >= 0.6 is 0 Å². The number of hydrogen-bond acceptors (Lipinski definition) is 5. The van der Waals surface area contributed by atoms with Crippen LogP contribution in [0.5, 0.6) is 0 Å². The van der Waals surface area contributed by atoms with Gasteiger partial charge in [0.15, 0.2) is 0 Å². The maximum Gasteiger partial charge on any atom is 0.305 e. The molecule has 0 aliphatic rings. The number of rotatable bonds is 53. The van der Waals surface area contributed by atoms with Crippen LogP contribution in [-0.4, -0.2) is 47.4 Å². The van der Waals surface area contributed by atoms with Gasteiger partial charge in [0, 0.05) is 12.8 Å². The van der Waals surface area contributed by atoms with Crippen molar-refractivity contribution in [2.24, 2.45) is 0 Å². The van der Waals surface area contributed by atoms with E-state index in [4.69, 9.17) is 4.74 Å². The van der Waals surface area contributed by atoms with Gasteiger partial charge in [0.25, 0.3) is 0 Å². The lowest BCUT2D eigenvalue weighted by atomic mass is 10.0.